The molecule has 0 spiro atoms. The maximum absolute atomic E-state index is 6.28. The SMILES string of the molecule is Clc1ccc(COc2ccc3ccccc3c2CNCc2ccco2)c(Cl)c1. The van der Waals surface area contributed by atoms with E-state index < -0.39 is 0 Å². The lowest BCUT2D eigenvalue weighted by Gasteiger charge is -2.15. The zero-order chi connectivity index (χ0) is 19.3. The van der Waals surface area contributed by atoms with Gasteiger partial charge in [-0.1, -0.05) is 59.6 Å². The third kappa shape index (κ3) is 4.33. The van der Waals surface area contributed by atoms with E-state index in [9.17, 15) is 0 Å². The number of fused-ring (bicyclic) bond motifs is 1. The van der Waals surface area contributed by atoms with Gasteiger partial charge < -0.3 is 14.5 Å². The summed E-state index contributed by atoms with van der Waals surface area (Å²) in [5.74, 6) is 1.73. The Morgan fingerprint density at radius 2 is 1.79 bits per heavy atom. The van der Waals surface area contributed by atoms with Crippen LogP contribution in [0.1, 0.15) is 16.9 Å². The quantitative estimate of drug-likeness (QED) is 0.371. The minimum atomic E-state index is 0.375. The maximum Gasteiger partial charge on any atom is 0.124 e. The first-order valence-electron chi connectivity index (χ1n) is 9.01. The number of benzene rings is 3. The predicted octanol–water partition coefficient (Wildman–Crippen LogP) is 6.61. The van der Waals surface area contributed by atoms with Gasteiger partial charge in [0.1, 0.15) is 18.1 Å². The summed E-state index contributed by atoms with van der Waals surface area (Å²) in [5.41, 5.74) is 2.00. The highest BCUT2D eigenvalue weighted by Crippen LogP contribution is 2.30. The molecule has 4 aromatic rings. The lowest BCUT2D eigenvalue weighted by molar-refractivity contribution is 0.302. The Kier molecular flexibility index (Phi) is 5.87. The van der Waals surface area contributed by atoms with Gasteiger partial charge in [0.25, 0.3) is 0 Å². The van der Waals surface area contributed by atoms with E-state index in [1.165, 1.54) is 5.39 Å². The second-order valence-electron chi connectivity index (χ2n) is 6.47. The molecule has 4 rings (SSSR count). The minimum absolute atomic E-state index is 0.375. The van der Waals surface area contributed by atoms with Crippen molar-refractivity contribution in [1.29, 1.82) is 0 Å². The second-order valence-corrected chi connectivity index (χ2v) is 7.31. The van der Waals surface area contributed by atoms with Crippen molar-refractivity contribution in [2.75, 3.05) is 0 Å². The number of ether oxygens (including phenoxy) is 1. The van der Waals surface area contributed by atoms with Crippen LogP contribution in [0, 0.1) is 0 Å². The molecule has 3 aromatic carbocycles. The molecule has 0 saturated carbocycles. The molecule has 0 saturated heterocycles. The largest absolute Gasteiger partial charge is 0.488 e. The van der Waals surface area contributed by atoms with Crippen LogP contribution in [0.4, 0.5) is 0 Å². The van der Waals surface area contributed by atoms with Crippen LogP contribution in [0.15, 0.2) is 77.4 Å². The van der Waals surface area contributed by atoms with Crippen LogP contribution in [0.5, 0.6) is 5.75 Å². The van der Waals surface area contributed by atoms with Crippen molar-refractivity contribution < 1.29 is 9.15 Å². The van der Waals surface area contributed by atoms with Crippen molar-refractivity contribution in [2.45, 2.75) is 19.7 Å². The summed E-state index contributed by atoms with van der Waals surface area (Å²) in [5, 5.41) is 6.99. The summed E-state index contributed by atoms with van der Waals surface area (Å²) >= 11 is 12.3. The number of furan rings is 1. The Labute approximate surface area is 173 Å². The monoisotopic (exact) mass is 411 g/mol. The Morgan fingerprint density at radius 1 is 0.893 bits per heavy atom. The molecule has 0 atom stereocenters. The van der Waals surface area contributed by atoms with Gasteiger partial charge in [-0.3, -0.25) is 0 Å². The first-order chi connectivity index (χ1) is 13.7. The highest BCUT2D eigenvalue weighted by Gasteiger charge is 2.11. The predicted molar refractivity (Wildman–Crippen MR) is 114 cm³/mol. The molecule has 1 heterocycles. The molecule has 0 radical (unpaired) electrons. The second kappa shape index (κ2) is 8.70. The van der Waals surface area contributed by atoms with Crippen LogP contribution in [0.3, 0.4) is 0 Å². The number of hydrogen-bond donors (Lipinski definition) is 1. The Hall–Kier alpha value is -2.46. The molecule has 0 aliphatic rings. The molecule has 28 heavy (non-hydrogen) atoms. The summed E-state index contributed by atoms with van der Waals surface area (Å²) in [6, 6.07) is 21.7. The molecule has 0 aliphatic carbocycles. The molecule has 0 unspecified atom stereocenters. The molecule has 1 N–H and O–H groups in total. The van der Waals surface area contributed by atoms with E-state index in [2.05, 4.69) is 23.5 Å². The van der Waals surface area contributed by atoms with Gasteiger partial charge in [-0.05, 0) is 41.1 Å². The first kappa shape index (κ1) is 18.9. The van der Waals surface area contributed by atoms with Crippen molar-refractivity contribution in [1.82, 2.24) is 5.32 Å². The molecule has 142 valence electrons. The van der Waals surface area contributed by atoms with E-state index >= 15 is 0 Å². The van der Waals surface area contributed by atoms with E-state index in [0.29, 0.717) is 29.7 Å². The summed E-state index contributed by atoms with van der Waals surface area (Å²) in [4.78, 5) is 0. The number of rotatable bonds is 7. The zero-order valence-electron chi connectivity index (χ0n) is 15.1. The maximum atomic E-state index is 6.28. The summed E-state index contributed by atoms with van der Waals surface area (Å²) in [6.07, 6.45) is 1.68. The average molecular weight is 412 g/mol. The molecule has 3 nitrogen and oxygen atoms in total. The number of nitrogens with one attached hydrogen (secondary N) is 1. The van der Waals surface area contributed by atoms with Crippen LogP contribution in [0.25, 0.3) is 10.8 Å². The molecule has 0 aliphatic heterocycles. The van der Waals surface area contributed by atoms with Gasteiger partial charge in [0.15, 0.2) is 0 Å². The van der Waals surface area contributed by atoms with Crippen molar-refractivity contribution in [3.63, 3.8) is 0 Å². The zero-order valence-corrected chi connectivity index (χ0v) is 16.6. The third-order valence-electron chi connectivity index (χ3n) is 4.58. The summed E-state index contributed by atoms with van der Waals surface area (Å²) in [7, 11) is 0. The van der Waals surface area contributed by atoms with Crippen LogP contribution in [-0.2, 0) is 19.7 Å². The number of halogens is 2. The van der Waals surface area contributed by atoms with E-state index in [1.54, 1.807) is 12.3 Å². The normalized spacial score (nSPS) is 11.1. The van der Waals surface area contributed by atoms with Crippen LogP contribution >= 0.6 is 23.2 Å². The van der Waals surface area contributed by atoms with E-state index in [1.807, 2.05) is 42.5 Å². The Balaban J connectivity index is 1.57. The summed E-state index contributed by atoms with van der Waals surface area (Å²) in [6.45, 7) is 1.68. The van der Waals surface area contributed by atoms with E-state index in [0.717, 1.165) is 28.0 Å². The highest BCUT2D eigenvalue weighted by atomic mass is 35.5. The van der Waals surface area contributed by atoms with Gasteiger partial charge in [0.05, 0.1) is 12.8 Å². The molecule has 0 bridgehead atoms. The fraction of sp³-hybridized carbons (Fsp3) is 0.130. The van der Waals surface area contributed by atoms with Crippen molar-refractivity contribution in [2.24, 2.45) is 0 Å². The molecular formula is C23H19Cl2NO2. The fourth-order valence-electron chi connectivity index (χ4n) is 3.15. The Bertz CT molecular complexity index is 1080. The highest BCUT2D eigenvalue weighted by molar-refractivity contribution is 6.35. The van der Waals surface area contributed by atoms with Gasteiger partial charge in [-0.2, -0.15) is 0 Å². The standard InChI is InChI=1S/C23H19Cl2NO2/c24-18-9-7-17(22(25)12-18)15-28-23-10-8-16-4-1-2-6-20(16)21(23)14-26-13-19-5-3-11-27-19/h1-12,26H,13-15H2. The fourth-order valence-corrected chi connectivity index (χ4v) is 3.61. The average Bonchev–Trinajstić information content (AvgIpc) is 3.21. The van der Waals surface area contributed by atoms with Crippen LogP contribution < -0.4 is 10.1 Å². The van der Waals surface area contributed by atoms with Gasteiger partial charge in [0, 0.05) is 27.7 Å². The molecule has 0 fully saturated rings. The van der Waals surface area contributed by atoms with E-state index in [-0.39, 0.29) is 0 Å². The lowest BCUT2D eigenvalue weighted by atomic mass is 10.0. The van der Waals surface area contributed by atoms with Crippen LogP contribution in [-0.4, -0.2) is 0 Å². The van der Waals surface area contributed by atoms with Gasteiger partial charge in [-0.25, -0.2) is 0 Å². The molecule has 0 amide bonds. The van der Waals surface area contributed by atoms with Gasteiger partial charge >= 0.3 is 0 Å². The topological polar surface area (TPSA) is 34.4 Å². The third-order valence-corrected chi connectivity index (χ3v) is 5.16. The molecule has 1 aromatic heterocycles. The van der Waals surface area contributed by atoms with Gasteiger partial charge in [-0.15, -0.1) is 0 Å². The smallest absolute Gasteiger partial charge is 0.124 e. The van der Waals surface area contributed by atoms with Crippen molar-refractivity contribution >= 4 is 34.0 Å². The van der Waals surface area contributed by atoms with E-state index in [4.69, 9.17) is 32.4 Å². The van der Waals surface area contributed by atoms with Crippen molar-refractivity contribution in [3.05, 3.63) is 99.9 Å². The molecule has 5 heteroatoms. The minimum Gasteiger partial charge on any atom is -0.488 e. The van der Waals surface area contributed by atoms with Crippen LogP contribution in [0.2, 0.25) is 10.0 Å². The van der Waals surface area contributed by atoms with Crippen molar-refractivity contribution in [3.8, 4) is 5.75 Å². The lowest BCUT2D eigenvalue weighted by Crippen LogP contribution is -2.13. The summed E-state index contributed by atoms with van der Waals surface area (Å²) < 4.78 is 11.5. The molecular weight excluding hydrogens is 393 g/mol. The first-order valence-corrected chi connectivity index (χ1v) is 9.77. The van der Waals surface area contributed by atoms with Gasteiger partial charge in [0.2, 0.25) is 0 Å². The number of hydrogen-bond acceptors (Lipinski definition) is 3. The Morgan fingerprint density at radius 3 is 2.61 bits per heavy atom.